The van der Waals surface area contributed by atoms with Crippen LogP contribution in [0.25, 0.3) is 11.4 Å². The van der Waals surface area contributed by atoms with Crippen molar-refractivity contribution in [3.63, 3.8) is 0 Å². The molecular weight excluding hydrogens is 310 g/mol. The van der Waals surface area contributed by atoms with E-state index in [1.54, 1.807) is 36.4 Å². The Hall–Kier alpha value is -3.73. The molecule has 0 saturated carbocycles. The topological polar surface area (TPSA) is 118 Å². The second kappa shape index (κ2) is 6.58. The van der Waals surface area contributed by atoms with Gasteiger partial charge in [0.25, 0.3) is 5.69 Å². The summed E-state index contributed by atoms with van der Waals surface area (Å²) in [5.41, 5.74) is 1.86. The number of non-ortho nitro benzene ring substituents is 1. The first kappa shape index (κ1) is 15.2. The minimum atomic E-state index is -0.475. The smallest absolute Gasteiger partial charge is 0.270 e. The van der Waals surface area contributed by atoms with E-state index in [-0.39, 0.29) is 11.5 Å². The molecule has 3 rings (SSSR count). The Morgan fingerprint density at radius 2 is 2.04 bits per heavy atom. The summed E-state index contributed by atoms with van der Waals surface area (Å²) in [5, 5.41) is 26.5. The van der Waals surface area contributed by atoms with Gasteiger partial charge in [-0.05, 0) is 24.3 Å². The molecular formula is C16H11N5O3. The molecule has 0 aliphatic rings. The number of anilines is 1. The molecule has 0 spiro atoms. The Morgan fingerprint density at radius 3 is 2.75 bits per heavy atom. The number of hydrogen-bond acceptors (Lipinski definition) is 7. The molecule has 0 atom stereocenters. The van der Waals surface area contributed by atoms with Crippen molar-refractivity contribution in [1.29, 1.82) is 5.26 Å². The highest BCUT2D eigenvalue weighted by Gasteiger charge is 2.12. The van der Waals surface area contributed by atoms with Gasteiger partial charge in [0.1, 0.15) is 0 Å². The minimum absolute atomic E-state index is 0.0328. The number of aromatic nitrogens is 2. The maximum Gasteiger partial charge on any atom is 0.270 e. The summed E-state index contributed by atoms with van der Waals surface area (Å²) >= 11 is 0. The number of nitrogens with zero attached hydrogens (tertiary/aromatic N) is 4. The number of nitrogens with one attached hydrogen (secondary N) is 1. The Balaban J connectivity index is 1.70. The van der Waals surface area contributed by atoms with E-state index in [2.05, 4.69) is 15.5 Å². The third-order valence-electron chi connectivity index (χ3n) is 3.24. The molecule has 0 aliphatic carbocycles. The summed E-state index contributed by atoms with van der Waals surface area (Å²) in [7, 11) is 0. The van der Waals surface area contributed by atoms with Crippen molar-refractivity contribution in [3.8, 4) is 17.5 Å². The number of benzene rings is 2. The molecule has 0 aliphatic heterocycles. The van der Waals surface area contributed by atoms with E-state index in [9.17, 15) is 10.1 Å². The number of nitro benzene ring substituents is 1. The molecule has 8 nitrogen and oxygen atoms in total. The molecule has 0 bridgehead atoms. The minimum Gasteiger partial charge on any atom is -0.376 e. The molecule has 2 aromatic carbocycles. The van der Waals surface area contributed by atoms with Gasteiger partial charge in [0.05, 0.1) is 23.1 Å². The highest BCUT2D eigenvalue weighted by molar-refractivity contribution is 5.58. The van der Waals surface area contributed by atoms with Crippen LogP contribution >= 0.6 is 0 Å². The molecule has 8 heteroatoms. The summed E-state index contributed by atoms with van der Waals surface area (Å²) < 4.78 is 5.14. The predicted molar refractivity (Wildman–Crippen MR) is 84.9 cm³/mol. The van der Waals surface area contributed by atoms with Crippen LogP contribution in [0.5, 0.6) is 0 Å². The first-order valence-corrected chi connectivity index (χ1v) is 6.97. The van der Waals surface area contributed by atoms with Gasteiger partial charge in [-0.15, -0.1) is 0 Å². The normalized spacial score (nSPS) is 10.1. The van der Waals surface area contributed by atoms with Gasteiger partial charge >= 0.3 is 0 Å². The highest BCUT2D eigenvalue weighted by atomic mass is 16.6. The van der Waals surface area contributed by atoms with Crippen LogP contribution in [-0.4, -0.2) is 15.1 Å². The van der Waals surface area contributed by atoms with E-state index in [1.807, 2.05) is 6.07 Å². The first-order chi connectivity index (χ1) is 11.7. The van der Waals surface area contributed by atoms with E-state index in [0.717, 1.165) is 5.69 Å². The van der Waals surface area contributed by atoms with Crippen molar-refractivity contribution in [1.82, 2.24) is 10.1 Å². The van der Waals surface area contributed by atoms with Crippen molar-refractivity contribution in [2.45, 2.75) is 6.54 Å². The van der Waals surface area contributed by atoms with Gasteiger partial charge in [-0.3, -0.25) is 10.1 Å². The lowest BCUT2D eigenvalue weighted by molar-refractivity contribution is -0.384. The van der Waals surface area contributed by atoms with Gasteiger partial charge in [0.15, 0.2) is 0 Å². The maximum absolute atomic E-state index is 10.8. The second-order valence-corrected chi connectivity index (χ2v) is 4.86. The molecule has 0 unspecified atom stereocenters. The van der Waals surface area contributed by atoms with Crippen molar-refractivity contribution in [2.75, 3.05) is 5.32 Å². The van der Waals surface area contributed by atoms with Gasteiger partial charge in [0, 0.05) is 23.4 Å². The van der Waals surface area contributed by atoms with Crippen LogP contribution in [0.4, 0.5) is 11.4 Å². The number of nitriles is 1. The Morgan fingerprint density at radius 1 is 1.25 bits per heavy atom. The lowest BCUT2D eigenvalue weighted by Crippen LogP contribution is -1.99. The molecule has 1 N–H and O–H groups in total. The Bertz CT molecular complexity index is 912. The van der Waals surface area contributed by atoms with Crippen molar-refractivity contribution >= 4 is 11.4 Å². The highest BCUT2D eigenvalue weighted by Crippen LogP contribution is 2.21. The summed E-state index contributed by atoms with van der Waals surface area (Å²) in [6.45, 7) is 0.299. The molecule has 0 radical (unpaired) electrons. The second-order valence-electron chi connectivity index (χ2n) is 4.86. The average molecular weight is 321 g/mol. The molecule has 3 aromatic rings. The average Bonchev–Trinajstić information content (AvgIpc) is 3.09. The third-order valence-corrected chi connectivity index (χ3v) is 3.24. The summed E-state index contributed by atoms with van der Waals surface area (Å²) in [6.07, 6.45) is 0. The largest absolute Gasteiger partial charge is 0.376 e. The fraction of sp³-hybridized carbons (Fsp3) is 0.0625. The fourth-order valence-electron chi connectivity index (χ4n) is 2.04. The molecule has 0 amide bonds. The monoisotopic (exact) mass is 321 g/mol. The molecule has 1 heterocycles. The van der Waals surface area contributed by atoms with Crippen LogP contribution in [0.1, 0.15) is 11.5 Å². The van der Waals surface area contributed by atoms with E-state index in [4.69, 9.17) is 9.78 Å². The van der Waals surface area contributed by atoms with Crippen LogP contribution in [0, 0.1) is 21.4 Å². The number of rotatable bonds is 5. The van der Waals surface area contributed by atoms with Crippen LogP contribution in [0.3, 0.4) is 0 Å². The van der Waals surface area contributed by atoms with Crippen LogP contribution in [0.15, 0.2) is 53.1 Å². The summed E-state index contributed by atoms with van der Waals surface area (Å²) in [5.74, 6) is 0.635. The Labute approximate surface area is 136 Å². The number of nitro groups is 1. The third kappa shape index (κ3) is 3.36. The van der Waals surface area contributed by atoms with E-state index in [1.165, 1.54) is 12.1 Å². The van der Waals surface area contributed by atoms with Crippen molar-refractivity contribution < 1.29 is 9.45 Å². The standard InChI is InChI=1S/C16H11N5O3/c17-9-11-4-6-13(7-5-11)18-10-15-19-16(20-24-15)12-2-1-3-14(8-12)21(22)23/h1-8,18H,10H2. The van der Waals surface area contributed by atoms with Gasteiger partial charge in [-0.25, -0.2) is 0 Å². The molecule has 118 valence electrons. The predicted octanol–water partition coefficient (Wildman–Crippen LogP) is 3.13. The Kier molecular flexibility index (Phi) is 4.16. The van der Waals surface area contributed by atoms with Gasteiger partial charge in [0.2, 0.25) is 11.7 Å². The van der Waals surface area contributed by atoms with Crippen LogP contribution < -0.4 is 5.32 Å². The zero-order valence-electron chi connectivity index (χ0n) is 12.3. The maximum atomic E-state index is 10.8. The van der Waals surface area contributed by atoms with Gasteiger partial charge in [-0.1, -0.05) is 17.3 Å². The van der Waals surface area contributed by atoms with Crippen molar-refractivity contribution in [2.24, 2.45) is 0 Å². The lowest BCUT2D eigenvalue weighted by atomic mass is 10.2. The summed E-state index contributed by atoms with van der Waals surface area (Å²) in [4.78, 5) is 14.5. The molecule has 1 aromatic heterocycles. The van der Waals surface area contributed by atoms with Crippen LogP contribution in [0.2, 0.25) is 0 Å². The lowest BCUT2D eigenvalue weighted by Gasteiger charge is -2.02. The van der Waals surface area contributed by atoms with Crippen molar-refractivity contribution in [3.05, 3.63) is 70.1 Å². The molecule has 0 saturated heterocycles. The first-order valence-electron chi connectivity index (χ1n) is 6.97. The molecule has 24 heavy (non-hydrogen) atoms. The summed E-state index contributed by atoms with van der Waals surface area (Å²) in [6, 6.07) is 15.0. The van der Waals surface area contributed by atoms with E-state index in [0.29, 0.717) is 23.6 Å². The quantitative estimate of drug-likeness (QED) is 0.566. The van der Waals surface area contributed by atoms with Gasteiger partial charge in [-0.2, -0.15) is 10.2 Å². The van der Waals surface area contributed by atoms with Gasteiger partial charge < -0.3 is 9.84 Å². The van der Waals surface area contributed by atoms with Crippen LogP contribution in [-0.2, 0) is 6.54 Å². The SMILES string of the molecule is N#Cc1ccc(NCc2nc(-c3cccc([N+](=O)[O-])c3)no2)cc1. The zero-order valence-corrected chi connectivity index (χ0v) is 12.3. The zero-order chi connectivity index (χ0) is 16.9. The molecule has 0 fully saturated rings. The van der Waals surface area contributed by atoms with E-state index < -0.39 is 4.92 Å². The number of hydrogen-bond donors (Lipinski definition) is 1. The fourth-order valence-corrected chi connectivity index (χ4v) is 2.04. The van der Waals surface area contributed by atoms with E-state index >= 15 is 0 Å².